The molecule has 0 bridgehead atoms. The van der Waals surface area contributed by atoms with E-state index in [1.54, 1.807) is 11.4 Å². The molecule has 1 aromatic carbocycles. The molecular weight excluding hydrogens is 362 g/mol. The number of nitriles is 1. The summed E-state index contributed by atoms with van der Waals surface area (Å²) in [5.41, 5.74) is 0.711. The Kier molecular flexibility index (Phi) is 5.15. The number of ether oxygens (including phenoxy) is 1. The van der Waals surface area contributed by atoms with Crippen molar-refractivity contribution < 1.29 is 17.9 Å². The van der Waals surface area contributed by atoms with Crippen molar-refractivity contribution in [3.63, 3.8) is 0 Å². The second-order valence-corrected chi connectivity index (χ2v) is 8.12. The van der Waals surface area contributed by atoms with Crippen LogP contribution in [0.4, 0.5) is 5.00 Å². The first kappa shape index (κ1) is 17.6. The summed E-state index contributed by atoms with van der Waals surface area (Å²) >= 11 is 1.25. The van der Waals surface area contributed by atoms with Crippen LogP contribution in [0.5, 0.6) is 0 Å². The van der Waals surface area contributed by atoms with Crippen LogP contribution in [0.15, 0.2) is 40.6 Å². The molecule has 1 aromatic heterocycles. The summed E-state index contributed by atoms with van der Waals surface area (Å²) in [6, 6.07) is 9.37. The molecule has 2 heterocycles. The van der Waals surface area contributed by atoms with Gasteiger partial charge in [0.1, 0.15) is 11.1 Å². The molecule has 0 saturated carbocycles. The Balaban J connectivity index is 1.75. The topological polar surface area (TPSA) is 99.5 Å². The molecule has 130 valence electrons. The Labute approximate surface area is 149 Å². The van der Waals surface area contributed by atoms with Gasteiger partial charge in [0.05, 0.1) is 23.7 Å². The van der Waals surface area contributed by atoms with Gasteiger partial charge in [-0.15, -0.1) is 11.3 Å². The molecular formula is C16H15N3O4S2. The summed E-state index contributed by atoms with van der Waals surface area (Å²) in [6.45, 7) is 1.39. The zero-order valence-corrected chi connectivity index (χ0v) is 14.8. The normalized spacial score (nSPS) is 15.5. The molecule has 1 aliphatic heterocycles. The van der Waals surface area contributed by atoms with Crippen LogP contribution in [0.25, 0.3) is 0 Å². The minimum Gasteiger partial charge on any atom is -0.379 e. The van der Waals surface area contributed by atoms with Crippen LogP contribution in [0.2, 0.25) is 0 Å². The lowest BCUT2D eigenvalue weighted by Gasteiger charge is -2.26. The van der Waals surface area contributed by atoms with Crippen molar-refractivity contribution in [1.82, 2.24) is 4.31 Å². The monoisotopic (exact) mass is 377 g/mol. The van der Waals surface area contributed by atoms with Gasteiger partial charge in [0.25, 0.3) is 5.91 Å². The van der Waals surface area contributed by atoms with Gasteiger partial charge in [-0.3, -0.25) is 4.79 Å². The predicted octanol–water partition coefficient (Wildman–Crippen LogP) is 1.89. The van der Waals surface area contributed by atoms with Gasteiger partial charge in [0.15, 0.2) is 0 Å². The van der Waals surface area contributed by atoms with Gasteiger partial charge in [-0.05, 0) is 35.7 Å². The van der Waals surface area contributed by atoms with E-state index in [4.69, 9.17) is 10.00 Å². The number of rotatable bonds is 4. The second kappa shape index (κ2) is 7.33. The molecule has 9 heteroatoms. The Morgan fingerprint density at radius 2 is 1.88 bits per heavy atom. The molecule has 0 spiro atoms. The maximum atomic E-state index is 12.5. The first-order chi connectivity index (χ1) is 12.0. The van der Waals surface area contributed by atoms with Crippen LogP contribution in [-0.2, 0) is 14.8 Å². The van der Waals surface area contributed by atoms with Crippen LogP contribution in [0.3, 0.4) is 0 Å². The van der Waals surface area contributed by atoms with Crippen LogP contribution in [0.1, 0.15) is 15.9 Å². The Morgan fingerprint density at radius 3 is 2.52 bits per heavy atom. The smallest absolute Gasteiger partial charge is 0.256 e. The molecule has 3 rings (SSSR count). The zero-order chi connectivity index (χ0) is 17.9. The van der Waals surface area contributed by atoms with E-state index in [2.05, 4.69) is 5.32 Å². The number of anilines is 1. The molecule has 7 nitrogen and oxygen atoms in total. The number of nitrogens with one attached hydrogen (secondary N) is 1. The number of sulfonamides is 1. The molecule has 1 N–H and O–H groups in total. The van der Waals surface area contributed by atoms with Gasteiger partial charge in [-0.25, -0.2) is 8.42 Å². The lowest BCUT2D eigenvalue weighted by Crippen LogP contribution is -2.40. The van der Waals surface area contributed by atoms with Crippen molar-refractivity contribution >= 4 is 32.3 Å². The number of nitrogens with zero attached hydrogens (tertiary/aromatic N) is 2. The van der Waals surface area contributed by atoms with Crippen molar-refractivity contribution in [2.24, 2.45) is 0 Å². The Bertz CT molecular complexity index is 908. The maximum absolute atomic E-state index is 12.5. The first-order valence-electron chi connectivity index (χ1n) is 7.49. The van der Waals surface area contributed by atoms with Crippen molar-refractivity contribution in [1.29, 1.82) is 5.26 Å². The minimum atomic E-state index is -3.58. The molecule has 0 unspecified atom stereocenters. The fraction of sp³-hybridized carbons (Fsp3) is 0.250. The van der Waals surface area contributed by atoms with Gasteiger partial charge < -0.3 is 10.1 Å². The third-order valence-corrected chi connectivity index (χ3v) is 6.48. The zero-order valence-electron chi connectivity index (χ0n) is 13.1. The van der Waals surface area contributed by atoms with Crippen molar-refractivity contribution in [2.45, 2.75) is 4.90 Å². The van der Waals surface area contributed by atoms with Crippen LogP contribution in [0, 0.1) is 11.3 Å². The number of thiophene rings is 1. The van der Waals surface area contributed by atoms with Crippen LogP contribution >= 0.6 is 11.3 Å². The van der Waals surface area contributed by atoms with E-state index in [0.29, 0.717) is 42.4 Å². The number of carbonyl (C=O) groups excluding carboxylic acids is 1. The average Bonchev–Trinajstić information content (AvgIpc) is 3.09. The molecule has 1 fully saturated rings. The number of carbonyl (C=O) groups is 1. The van der Waals surface area contributed by atoms with E-state index < -0.39 is 15.9 Å². The van der Waals surface area contributed by atoms with Gasteiger partial charge >= 0.3 is 0 Å². The first-order valence-corrected chi connectivity index (χ1v) is 9.81. The van der Waals surface area contributed by atoms with E-state index in [1.807, 2.05) is 6.07 Å². The summed E-state index contributed by atoms with van der Waals surface area (Å²) in [5.74, 6) is -0.394. The molecule has 0 aliphatic carbocycles. The van der Waals surface area contributed by atoms with E-state index in [1.165, 1.54) is 39.9 Å². The van der Waals surface area contributed by atoms with Crippen molar-refractivity contribution in [2.75, 3.05) is 31.6 Å². The lowest BCUT2D eigenvalue weighted by atomic mass is 10.2. The Morgan fingerprint density at radius 1 is 1.20 bits per heavy atom. The van der Waals surface area contributed by atoms with Gasteiger partial charge in [-0.2, -0.15) is 9.57 Å². The highest BCUT2D eigenvalue weighted by molar-refractivity contribution is 7.89. The molecule has 0 radical (unpaired) electrons. The highest BCUT2D eigenvalue weighted by Gasteiger charge is 2.26. The summed E-state index contributed by atoms with van der Waals surface area (Å²) in [7, 11) is -3.58. The number of amides is 1. The third kappa shape index (κ3) is 3.72. The SMILES string of the molecule is N#Cc1ccsc1NC(=O)c1ccc(S(=O)(=O)N2CCOCC2)cc1. The summed E-state index contributed by atoms with van der Waals surface area (Å²) in [5, 5.41) is 13.8. The van der Waals surface area contributed by atoms with Crippen LogP contribution < -0.4 is 5.32 Å². The molecule has 1 amide bonds. The number of benzene rings is 1. The highest BCUT2D eigenvalue weighted by atomic mass is 32.2. The molecule has 1 saturated heterocycles. The van der Waals surface area contributed by atoms with Crippen molar-refractivity contribution in [3.05, 3.63) is 46.8 Å². The quantitative estimate of drug-likeness (QED) is 0.877. The molecule has 25 heavy (non-hydrogen) atoms. The summed E-state index contributed by atoms with van der Waals surface area (Å²) in [6.07, 6.45) is 0. The fourth-order valence-electron chi connectivity index (χ4n) is 2.38. The number of hydrogen-bond donors (Lipinski definition) is 1. The Hall–Kier alpha value is -2.25. The molecule has 0 atom stereocenters. The molecule has 2 aromatic rings. The van der Waals surface area contributed by atoms with E-state index >= 15 is 0 Å². The van der Waals surface area contributed by atoms with Gasteiger partial charge in [0.2, 0.25) is 10.0 Å². The predicted molar refractivity (Wildman–Crippen MR) is 93.0 cm³/mol. The maximum Gasteiger partial charge on any atom is 0.256 e. The third-order valence-electron chi connectivity index (χ3n) is 3.74. The van der Waals surface area contributed by atoms with Crippen molar-refractivity contribution in [3.8, 4) is 6.07 Å². The van der Waals surface area contributed by atoms with E-state index in [0.717, 1.165) is 0 Å². The summed E-state index contributed by atoms with van der Waals surface area (Å²) in [4.78, 5) is 12.4. The lowest BCUT2D eigenvalue weighted by molar-refractivity contribution is 0.0730. The average molecular weight is 377 g/mol. The van der Waals surface area contributed by atoms with E-state index in [9.17, 15) is 13.2 Å². The second-order valence-electron chi connectivity index (χ2n) is 5.27. The highest BCUT2D eigenvalue weighted by Crippen LogP contribution is 2.23. The van der Waals surface area contributed by atoms with Crippen LogP contribution in [-0.4, -0.2) is 44.9 Å². The van der Waals surface area contributed by atoms with Gasteiger partial charge in [0, 0.05) is 18.7 Å². The fourth-order valence-corrected chi connectivity index (χ4v) is 4.52. The summed E-state index contributed by atoms with van der Waals surface area (Å²) < 4.78 is 31.6. The van der Waals surface area contributed by atoms with Gasteiger partial charge in [-0.1, -0.05) is 0 Å². The van der Waals surface area contributed by atoms with E-state index in [-0.39, 0.29) is 4.90 Å². The molecule has 1 aliphatic rings. The standard InChI is InChI=1S/C16H15N3O4S2/c17-11-13-5-10-24-16(13)18-15(20)12-1-3-14(4-2-12)25(21,22)19-6-8-23-9-7-19/h1-5,10H,6-9H2,(H,18,20). The number of hydrogen-bond acceptors (Lipinski definition) is 6. The number of morpholine rings is 1. The largest absolute Gasteiger partial charge is 0.379 e. The minimum absolute atomic E-state index is 0.139.